The molecule has 0 saturated heterocycles. The number of ether oxygens (including phenoxy) is 1. The fourth-order valence-corrected chi connectivity index (χ4v) is 11.9. The number of methoxy groups -OCH3 is 1. The van der Waals surface area contributed by atoms with E-state index in [2.05, 4.69) is 15.5 Å². The molecule has 4 rings (SSSR count). The first-order valence-corrected chi connectivity index (χ1v) is 14.8. The molecule has 2 nitrogen and oxygen atoms in total. The molecule has 0 heterocycles. The van der Waals surface area contributed by atoms with E-state index in [1.54, 1.807) is 0 Å². The quantitative estimate of drug-likeness (QED) is 0.224. The molecule has 0 amide bonds. The van der Waals surface area contributed by atoms with Gasteiger partial charge in [-0.2, -0.15) is 0 Å². The molecular formula is C27H22BrF2O2P. The van der Waals surface area contributed by atoms with Crippen LogP contribution in [0, 0.1) is 11.6 Å². The van der Waals surface area contributed by atoms with Crippen LogP contribution < -0.4 is 15.9 Å². The number of esters is 1. The normalized spacial score (nSPS) is 12.5. The van der Waals surface area contributed by atoms with Crippen molar-refractivity contribution in [1.82, 2.24) is 0 Å². The van der Waals surface area contributed by atoms with E-state index in [9.17, 15) is 13.6 Å². The second kappa shape index (κ2) is 9.17. The third-order valence-electron chi connectivity index (χ3n) is 5.90. The molecule has 6 heteroatoms. The summed E-state index contributed by atoms with van der Waals surface area (Å²) < 4.78 is 33.6. The monoisotopic (exact) mass is 526 g/mol. The van der Waals surface area contributed by atoms with Gasteiger partial charge in [0.2, 0.25) is 0 Å². The van der Waals surface area contributed by atoms with E-state index in [1.165, 1.54) is 7.11 Å². The van der Waals surface area contributed by atoms with Gasteiger partial charge in [-0.15, -0.1) is 0 Å². The minimum absolute atomic E-state index is 0.00708. The van der Waals surface area contributed by atoms with Gasteiger partial charge in [0, 0.05) is 0 Å². The molecule has 0 bridgehead atoms. The second-order valence-electron chi connectivity index (χ2n) is 7.76. The maximum atomic E-state index is 14.5. The molecule has 0 aliphatic rings. The fraction of sp³-hybridized carbons (Fsp3) is 0.0741. The van der Waals surface area contributed by atoms with Gasteiger partial charge in [-0.05, 0) is 0 Å². The van der Waals surface area contributed by atoms with Gasteiger partial charge in [-0.3, -0.25) is 0 Å². The molecule has 33 heavy (non-hydrogen) atoms. The van der Waals surface area contributed by atoms with E-state index in [4.69, 9.17) is 4.74 Å². The van der Waals surface area contributed by atoms with E-state index in [1.807, 2.05) is 91.0 Å². The van der Waals surface area contributed by atoms with Crippen molar-refractivity contribution >= 4 is 42.7 Å². The number of hydrogen-bond acceptors (Lipinski definition) is 2. The Bertz CT molecular complexity index is 1180. The summed E-state index contributed by atoms with van der Waals surface area (Å²) in [7, 11) is 1.23. The predicted octanol–water partition coefficient (Wildman–Crippen LogP) is 6.09. The zero-order chi connectivity index (χ0) is 23.5. The average Bonchev–Trinajstić information content (AvgIpc) is 2.87. The van der Waals surface area contributed by atoms with Crippen LogP contribution in [-0.4, -0.2) is 13.1 Å². The molecular weight excluding hydrogens is 505 g/mol. The first-order valence-electron chi connectivity index (χ1n) is 10.3. The van der Waals surface area contributed by atoms with Crippen LogP contribution in [0.15, 0.2) is 103 Å². The number of benzene rings is 4. The molecule has 0 fully saturated rings. The van der Waals surface area contributed by atoms with Crippen LogP contribution in [-0.2, 0) is 10.9 Å². The Morgan fingerprint density at radius 1 is 0.758 bits per heavy atom. The Hall–Kier alpha value is -2.88. The fourth-order valence-electron chi connectivity index (χ4n) is 4.28. The van der Waals surface area contributed by atoms with Crippen LogP contribution in [0.1, 0.15) is 15.9 Å². The van der Waals surface area contributed by atoms with Gasteiger partial charge >= 0.3 is 200 Å². The van der Waals surface area contributed by atoms with Crippen molar-refractivity contribution in [2.24, 2.45) is 0 Å². The molecule has 4 aromatic carbocycles. The van der Waals surface area contributed by atoms with Gasteiger partial charge in [0.25, 0.3) is 0 Å². The van der Waals surface area contributed by atoms with Crippen molar-refractivity contribution in [1.29, 1.82) is 0 Å². The predicted molar refractivity (Wildman–Crippen MR) is 135 cm³/mol. The number of hydrogen-bond donors (Lipinski definition) is 0. The Balaban J connectivity index is 2.12. The van der Waals surface area contributed by atoms with Gasteiger partial charge in [-0.1, -0.05) is 0 Å². The maximum absolute atomic E-state index is 14.5. The Kier molecular flexibility index (Phi) is 6.47. The van der Waals surface area contributed by atoms with Crippen LogP contribution in [0.2, 0.25) is 0 Å². The van der Waals surface area contributed by atoms with Crippen molar-refractivity contribution in [3.8, 4) is 0 Å². The molecule has 4 aromatic rings. The molecule has 168 valence electrons. The molecule has 0 saturated carbocycles. The van der Waals surface area contributed by atoms with Crippen LogP contribution >= 0.6 is 20.8 Å². The minimum atomic E-state index is -3.50. The zero-order valence-corrected chi connectivity index (χ0v) is 20.4. The van der Waals surface area contributed by atoms with Crippen molar-refractivity contribution in [3.63, 3.8) is 0 Å². The summed E-state index contributed by atoms with van der Waals surface area (Å²) in [6.07, 6.45) is 0.241. The molecule has 0 atom stereocenters. The second-order valence-corrected chi connectivity index (χ2v) is 16.7. The van der Waals surface area contributed by atoms with E-state index in [0.29, 0.717) is 5.56 Å². The summed E-state index contributed by atoms with van der Waals surface area (Å²) in [6.45, 7) is 0. The molecule has 0 aliphatic carbocycles. The Labute approximate surface area is 199 Å². The summed E-state index contributed by atoms with van der Waals surface area (Å²) in [5, 5.41) is -0.498. The van der Waals surface area contributed by atoms with E-state index >= 15 is 0 Å². The molecule has 0 N–H and O–H groups in total. The van der Waals surface area contributed by atoms with E-state index in [0.717, 1.165) is 28.0 Å². The van der Waals surface area contributed by atoms with Gasteiger partial charge in [-0.25, -0.2) is 0 Å². The van der Waals surface area contributed by atoms with Crippen LogP contribution in [0.3, 0.4) is 0 Å². The van der Waals surface area contributed by atoms with E-state index in [-0.39, 0.29) is 11.7 Å². The van der Waals surface area contributed by atoms with Crippen molar-refractivity contribution in [2.45, 2.75) is 6.16 Å². The average molecular weight is 527 g/mol. The summed E-state index contributed by atoms with van der Waals surface area (Å²) in [5.41, 5.74) is 0.375. The van der Waals surface area contributed by atoms with Crippen LogP contribution in [0.5, 0.6) is 0 Å². The molecule has 0 unspecified atom stereocenters. The standard InChI is InChI=1S/C27H22BrF2O2P/c1-32-27(31)24-18-26(30)25(29)17-20(24)19-33(28,21-11-5-2-6-12-21,22-13-7-3-8-14-22)23-15-9-4-10-16-23/h2-18H,19H2,1H3. The number of rotatable bonds is 6. The van der Waals surface area contributed by atoms with Gasteiger partial charge in [0.1, 0.15) is 0 Å². The first kappa shape index (κ1) is 23.3. The molecule has 0 spiro atoms. The first-order chi connectivity index (χ1) is 15.9. The number of halogens is 3. The summed E-state index contributed by atoms with van der Waals surface area (Å²) in [4.78, 5) is 12.6. The van der Waals surface area contributed by atoms with Crippen molar-refractivity contribution < 1.29 is 18.3 Å². The number of carbonyl (C=O) groups excluding carboxylic acids is 1. The van der Waals surface area contributed by atoms with Crippen LogP contribution in [0.25, 0.3) is 0 Å². The third kappa shape index (κ3) is 4.01. The summed E-state index contributed by atoms with van der Waals surface area (Å²) in [6, 6.07) is 31.8. The summed E-state index contributed by atoms with van der Waals surface area (Å²) >= 11 is 4.26. The van der Waals surface area contributed by atoms with Gasteiger partial charge in [0.05, 0.1) is 0 Å². The number of carbonyl (C=O) groups is 1. The van der Waals surface area contributed by atoms with Crippen molar-refractivity contribution in [2.75, 3.05) is 7.11 Å². The molecule has 0 radical (unpaired) electrons. The third-order valence-corrected chi connectivity index (χ3v) is 15.4. The Morgan fingerprint density at radius 3 is 1.55 bits per heavy atom. The van der Waals surface area contributed by atoms with Gasteiger partial charge in [0.15, 0.2) is 0 Å². The topological polar surface area (TPSA) is 26.3 Å². The molecule has 0 aromatic heterocycles. The Morgan fingerprint density at radius 2 is 1.15 bits per heavy atom. The van der Waals surface area contributed by atoms with E-state index < -0.39 is 22.9 Å². The zero-order valence-electron chi connectivity index (χ0n) is 17.9. The van der Waals surface area contributed by atoms with Crippen molar-refractivity contribution in [3.05, 3.63) is 126 Å². The molecule has 0 aliphatic heterocycles. The van der Waals surface area contributed by atoms with Crippen LogP contribution in [0.4, 0.5) is 8.78 Å². The van der Waals surface area contributed by atoms with Gasteiger partial charge < -0.3 is 0 Å². The SMILES string of the molecule is COC(=O)c1cc(F)c(F)cc1CP(Br)(c1ccccc1)(c1ccccc1)c1ccccc1. The summed E-state index contributed by atoms with van der Waals surface area (Å²) in [5.74, 6) is -2.81.